The van der Waals surface area contributed by atoms with Gasteiger partial charge in [0.25, 0.3) is 0 Å². The standard InChI is InChI=1S/C21H34N2O4/c1-15(2)18-8-6-7-17(11-18)14-27-20(26)22-10-9-21(4,5)12-16(3)13-23-19(24)25/h6-8,11,15-16,23H,9-10,12-14H2,1-5H3,(H,22,26)(H,24,25). The third-order valence-electron chi connectivity index (χ3n) is 4.56. The third kappa shape index (κ3) is 9.87. The van der Waals surface area contributed by atoms with Crippen LogP contribution in [-0.2, 0) is 11.3 Å². The number of carbonyl (C=O) groups excluding carboxylic acids is 1. The minimum atomic E-state index is -0.997. The van der Waals surface area contributed by atoms with Crippen molar-refractivity contribution in [1.82, 2.24) is 10.6 Å². The van der Waals surface area contributed by atoms with Crippen LogP contribution in [0.25, 0.3) is 0 Å². The van der Waals surface area contributed by atoms with Crippen molar-refractivity contribution in [3.8, 4) is 0 Å². The summed E-state index contributed by atoms with van der Waals surface area (Å²) in [6, 6.07) is 8.07. The summed E-state index contributed by atoms with van der Waals surface area (Å²) in [6.45, 7) is 11.7. The smallest absolute Gasteiger partial charge is 0.407 e. The minimum absolute atomic E-state index is 0.00151. The minimum Gasteiger partial charge on any atom is -0.465 e. The second kappa shape index (κ2) is 10.8. The lowest BCUT2D eigenvalue weighted by molar-refractivity contribution is 0.137. The predicted octanol–water partition coefficient (Wildman–Crippen LogP) is 4.75. The van der Waals surface area contributed by atoms with Crippen molar-refractivity contribution in [2.75, 3.05) is 13.1 Å². The summed E-state index contributed by atoms with van der Waals surface area (Å²) in [5.41, 5.74) is 2.21. The molecular weight excluding hydrogens is 344 g/mol. The molecule has 1 aromatic carbocycles. The SMILES string of the molecule is CC(CNC(=O)O)CC(C)(C)CCNC(=O)OCc1cccc(C(C)C)c1. The molecule has 6 heteroatoms. The van der Waals surface area contributed by atoms with Crippen LogP contribution in [0.3, 0.4) is 0 Å². The number of hydrogen-bond donors (Lipinski definition) is 3. The summed E-state index contributed by atoms with van der Waals surface area (Å²) in [5, 5.41) is 13.9. The van der Waals surface area contributed by atoms with Crippen LogP contribution in [-0.4, -0.2) is 30.4 Å². The van der Waals surface area contributed by atoms with Crippen LogP contribution in [0.5, 0.6) is 0 Å². The van der Waals surface area contributed by atoms with E-state index in [2.05, 4.69) is 50.5 Å². The summed E-state index contributed by atoms with van der Waals surface area (Å²) in [4.78, 5) is 22.5. The number of carbonyl (C=O) groups is 2. The molecule has 3 N–H and O–H groups in total. The molecule has 2 amide bonds. The van der Waals surface area contributed by atoms with Crippen LogP contribution in [0.2, 0.25) is 0 Å². The fourth-order valence-electron chi connectivity index (χ4n) is 3.12. The largest absolute Gasteiger partial charge is 0.465 e. The van der Waals surface area contributed by atoms with E-state index in [1.165, 1.54) is 5.56 Å². The van der Waals surface area contributed by atoms with E-state index in [1.807, 2.05) is 19.1 Å². The topological polar surface area (TPSA) is 87.7 Å². The number of amides is 2. The zero-order valence-electron chi connectivity index (χ0n) is 17.2. The molecule has 0 spiro atoms. The number of ether oxygens (including phenoxy) is 1. The average Bonchev–Trinajstić information content (AvgIpc) is 2.57. The van der Waals surface area contributed by atoms with Crippen LogP contribution in [0.15, 0.2) is 24.3 Å². The Hall–Kier alpha value is -2.24. The van der Waals surface area contributed by atoms with Gasteiger partial charge in [0.1, 0.15) is 6.61 Å². The van der Waals surface area contributed by atoms with Gasteiger partial charge in [0.05, 0.1) is 0 Å². The molecular formula is C21H34N2O4. The van der Waals surface area contributed by atoms with E-state index in [1.54, 1.807) is 0 Å². The Morgan fingerprint density at radius 3 is 2.52 bits per heavy atom. The lowest BCUT2D eigenvalue weighted by Crippen LogP contribution is -2.32. The molecule has 0 fully saturated rings. The molecule has 1 unspecified atom stereocenters. The summed E-state index contributed by atoms with van der Waals surface area (Å²) < 4.78 is 5.30. The molecule has 0 heterocycles. The van der Waals surface area contributed by atoms with Crippen LogP contribution in [0.4, 0.5) is 9.59 Å². The Morgan fingerprint density at radius 2 is 1.89 bits per heavy atom. The van der Waals surface area contributed by atoms with E-state index in [4.69, 9.17) is 9.84 Å². The maximum Gasteiger partial charge on any atom is 0.407 e. The number of rotatable bonds is 10. The normalized spacial score (nSPS) is 12.5. The number of benzene rings is 1. The van der Waals surface area contributed by atoms with Crippen molar-refractivity contribution < 1.29 is 19.4 Å². The van der Waals surface area contributed by atoms with Crippen molar-refractivity contribution in [2.45, 2.75) is 60.0 Å². The molecule has 0 aliphatic carbocycles. The van der Waals surface area contributed by atoms with Gasteiger partial charge >= 0.3 is 12.2 Å². The molecule has 6 nitrogen and oxygen atoms in total. The quantitative estimate of drug-likeness (QED) is 0.548. The maximum atomic E-state index is 11.9. The van der Waals surface area contributed by atoms with Crippen LogP contribution in [0, 0.1) is 11.3 Å². The Morgan fingerprint density at radius 1 is 1.19 bits per heavy atom. The first-order valence-electron chi connectivity index (χ1n) is 9.55. The fourth-order valence-corrected chi connectivity index (χ4v) is 3.12. The van der Waals surface area contributed by atoms with E-state index in [0.717, 1.165) is 18.4 Å². The maximum absolute atomic E-state index is 11.9. The van der Waals surface area contributed by atoms with E-state index in [0.29, 0.717) is 19.0 Å². The highest BCUT2D eigenvalue weighted by molar-refractivity contribution is 5.67. The van der Waals surface area contributed by atoms with Crippen LogP contribution >= 0.6 is 0 Å². The highest BCUT2D eigenvalue weighted by atomic mass is 16.5. The van der Waals surface area contributed by atoms with Crippen LogP contribution < -0.4 is 10.6 Å². The van der Waals surface area contributed by atoms with E-state index >= 15 is 0 Å². The number of nitrogens with one attached hydrogen (secondary N) is 2. The van der Waals surface area contributed by atoms with Crippen molar-refractivity contribution in [3.63, 3.8) is 0 Å². The lowest BCUT2D eigenvalue weighted by Gasteiger charge is -2.28. The fraction of sp³-hybridized carbons (Fsp3) is 0.619. The summed E-state index contributed by atoms with van der Waals surface area (Å²) in [6.07, 6.45) is 0.248. The molecule has 0 aromatic heterocycles. The molecule has 0 radical (unpaired) electrons. The first-order valence-corrected chi connectivity index (χ1v) is 9.55. The van der Waals surface area contributed by atoms with Gasteiger partial charge in [0, 0.05) is 13.1 Å². The van der Waals surface area contributed by atoms with E-state index < -0.39 is 12.2 Å². The van der Waals surface area contributed by atoms with Gasteiger partial charge in [-0.05, 0) is 41.2 Å². The van der Waals surface area contributed by atoms with E-state index in [9.17, 15) is 9.59 Å². The van der Waals surface area contributed by atoms with Gasteiger partial charge in [-0.15, -0.1) is 0 Å². The van der Waals surface area contributed by atoms with Gasteiger partial charge < -0.3 is 20.5 Å². The average molecular weight is 379 g/mol. The van der Waals surface area contributed by atoms with Crippen molar-refractivity contribution in [2.24, 2.45) is 11.3 Å². The Bertz CT molecular complexity index is 614. The first-order chi connectivity index (χ1) is 12.6. The number of hydrogen-bond acceptors (Lipinski definition) is 3. The summed E-state index contributed by atoms with van der Waals surface area (Å²) in [5.74, 6) is 0.672. The molecule has 1 aromatic rings. The molecule has 1 atom stereocenters. The van der Waals surface area contributed by atoms with Gasteiger partial charge in [0.2, 0.25) is 0 Å². The van der Waals surface area contributed by atoms with Crippen molar-refractivity contribution >= 4 is 12.2 Å². The monoisotopic (exact) mass is 378 g/mol. The molecule has 1 rings (SSSR count). The molecule has 27 heavy (non-hydrogen) atoms. The van der Waals surface area contributed by atoms with Gasteiger partial charge in [0.15, 0.2) is 0 Å². The molecule has 152 valence electrons. The highest BCUT2D eigenvalue weighted by Gasteiger charge is 2.21. The third-order valence-corrected chi connectivity index (χ3v) is 4.56. The molecule has 0 aliphatic heterocycles. The highest BCUT2D eigenvalue weighted by Crippen LogP contribution is 2.28. The summed E-state index contributed by atoms with van der Waals surface area (Å²) in [7, 11) is 0. The Kier molecular flexibility index (Phi) is 9.12. The van der Waals surface area contributed by atoms with Crippen molar-refractivity contribution in [1.29, 1.82) is 0 Å². The Balaban J connectivity index is 2.31. The van der Waals surface area contributed by atoms with Crippen molar-refractivity contribution in [3.05, 3.63) is 35.4 Å². The molecule has 0 saturated heterocycles. The number of alkyl carbamates (subject to hydrolysis) is 1. The molecule has 0 bridgehead atoms. The van der Waals surface area contributed by atoms with E-state index in [-0.39, 0.29) is 17.9 Å². The molecule has 0 saturated carbocycles. The van der Waals surface area contributed by atoms with Gasteiger partial charge in [-0.2, -0.15) is 0 Å². The lowest BCUT2D eigenvalue weighted by atomic mass is 9.80. The molecule has 0 aliphatic rings. The summed E-state index contributed by atoms with van der Waals surface area (Å²) >= 11 is 0. The van der Waals surface area contributed by atoms with Gasteiger partial charge in [-0.1, -0.05) is 58.9 Å². The Labute approximate surface area is 162 Å². The first kappa shape index (κ1) is 22.8. The van der Waals surface area contributed by atoms with Gasteiger partial charge in [-0.25, -0.2) is 9.59 Å². The predicted molar refractivity (Wildman–Crippen MR) is 107 cm³/mol. The zero-order chi connectivity index (χ0) is 20.4. The van der Waals surface area contributed by atoms with Gasteiger partial charge in [-0.3, -0.25) is 0 Å². The number of carboxylic acid groups (broad SMARTS) is 1. The van der Waals surface area contributed by atoms with Crippen LogP contribution in [0.1, 0.15) is 64.5 Å². The second-order valence-corrected chi connectivity index (χ2v) is 8.31. The second-order valence-electron chi connectivity index (χ2n) is 8.31. The zero-order valence-corrected chi connectivity index (χ0v) is 17.2.